The van der Waals surface area contributed by atoms with Crippen LogP contribution in [0, 0.1) is 17.8 Å². The Balaban J connectivity index is 1.82. The summed E-state index contributed by atoms with van der Waals surface area (Å²) >= 11 is 0. The van der Waals surface area contributed by atoms with Crippen LogP contribution in [0.25, 0.3) is 10.9 Å². The van der Waals surface area contributed by atoms with Crippen LogP contribution in [-0.2, 0) is 60.8 Å². The number of nitrogens with two attached hydrogens (primary N) is 1. The number of rotatable bonds is 30. The molecule has 3 aromatic rings. The van der Waals surface area contributed by atoms with E-state index in [2.05, 4.69) is 42.2 Å². The van der Waals surface area contributed by atoms with Crippen molar-refractivity contribution < 1.29 is 63.3 Å². The molecule has 0 aliphatic rings. The van der Waals surface area contributed by atoms with Crippen molar-refractivity contribution in [3.05, 3.63) is 71.9 Å². The lowest BCUT2D eigenvalue weighted by atomic mass is 9.96. The first-order valence-electron chi connectivity index (χ1n) is 24.1. The average molecular weight is 1010 g/mol. The van der Waals surface area contributed by atoms with Crippen molar-refractivity contribution in [3.63, 3.8) is 0 Å². The van der Waals surface area contributed by atoms with E-state index in [0.717, 1.165) is 10.9 Å². The minimum absolute atomic E-state index is 0.00620. The lowest BCUT2D eigenvalue weighted by molar-refractivity contribution is -0.142. The van der Waals surface area contributed by atoms with Crippen molar-refractivity contribution in [3.8, 4) is 0 Å². The van der Waals surface area contributed by atoms with E-state index >= 15 is 0 Å². The number of aromatic nitrogens is 1. The summed E-state index contributed by atoms with van der Waals surface area (Å²) in [4.78, 5) is 135. The molecule has 3 rings (SSSR count). The van der Waals surface area contributed by atoms with E-state index in [0.29, 0.717) is 24.0 Å². The van der Waals surface area contributed by atoms with Crippen LogP contribution in [0.2, 0.25) is 0 Å². The highest BCUT2D eigenvalue weighted by Crippen LogP contribution is 2.20. The van der Waals surface area contributed by atoms with Crippen LogP contribution in [0.3, 0.4) is 0 Å². The highest BCUT2D eigenvalue weighted by Gasteiger charge is 2.36. The van der Waals surface area contributed by atoms with Gasteiger partial charge in [-0.25, -0.2) is 4.79 Å². The maximum absolute atomic E-state index is 14.2. The summed E-state index contributed by atoms with van der Waals surface area (Å²) in [6, 6.07) is 4.90. The van der Waals surface area contributed by atoms with Gasteiger partial charge in [-0.2, -0.15) is 0 Å². The van der Waals surface area contributed by atoms with Crippen molar-refractivity contribution in [1.29, 1.82) is 0 Å². The van der Waals surface area contributed by atoms with Crippen LogP contribution in [0.5, 0.6) is 0 Å². The number of aromatic amines is 1. The number of benzene rings is 2. The monoisotopic (exact) mass is 1010 g/mol. The molecule has 13 N–H and O–H groups in total. The van der Waals surface area contributed by atoms with Gasteiger partial charge in [-0.3, -0.25) is 43.2 Å². The van der Waals surface area contributed by atoms with Crippen LogP contribution >= 0.6 is 0 Å². The van der Waals surface area contributed by atoms with Gasteiger partial charge in [-0.05, 0) is 54.7 Å². The van der Waals surface area contributed by atoms with E-state index in [9.17, 15) is 58.2 Å². The second-order valence-corrected chi connectivity index (χ2v) is 18.6. The molecule has 394 valence electrons. The minimum Gasteiger partial charge on any atom is -0.481 e. The van der Waals surface area contributed by atoms with Crippen LogP contribution in [0.1, 0.15) is 98.1 Å². The third kappa shape index (κ3) is 18.4. The number of hydrogen-bond acceptors (Lipinski definition) is 11. The van der Waals surface area contributed by atoms with Crippen LogP contribution < -0.4 is 43.0 Å². The molecule has 1 aromatic heterocycles. The molecule has 0 aliphatic carbocycles. The van der Waals surface area contributed by atoms with Gasteiger partial charge in [0.1, 0.15) is 42.3 Å². The number of carboxylic acids is 3. The second-order valence-electron chi connectivity index (χ2n) is 18.6. The normalized spacial score (nSPS) is 15.4. The highest BCUT2D eigenvalue weighted by atomic mass is 16.4. The molecule has 1 heterocycles. The average Bonchev–Trinajstić information content (AvgIpc) is 3.74. The zero-order chi connectivity index (χ0) is 53.8. The molecule has 10 atom stereocenters. The highest BCUT2D eigenvalue weighted by molar-refractivity contribution is 5.98. The number of carboxylic acid groups (broad SMARTS) is 3. The zero-order valence-corrected chi connectivity index (χ0v) is 41.8. The van der Waals surface area contributed by atoms with Gasteiger partial charge >= 0.3 is 17.9 Å². The van der Waals surface area contributed by atoms with Gasteiger partial charge in [0, 0.05) is 36.4 Å². The molecule has 22 heteroatoms. The van der Waals surface area contributed by atoms with Crippen molar-refractivity contribution in [2.75, 3.05) is 0 Å². The molecule has 0 radical (unpaired) electrons. The van der Waals surface area contributed by atoms with Gasteiger partial charge in [0.25, 0.3) is 0 Å². The molecule has 22 nitrogen and oxygen atoms in total. The lowest BCUT2D eigenvalue weighted by Gasteiger charge is -2.29. The smallest absolute Gasteiger partial charge is 0.326 e. The Labute approximate surface area is 418 Å². The molecule has 0 spiro atoms. The quantitative estimate of drug-likeness (QED) is 0.0448. The van der Waals surface area contributed by atoms with E-state index in [4.69, 9.17) is 10.8 Å². The number of carbonyl (C=O) groups is 10. The fourth-order valence-corrected chi connectivity index (χ4v) is 7.69. The first-order valence-corrected chi connectivity index (χ1v) is 24.1. The first-order chi connectivity index (χ1) is 33.9. The number of amides is 7. The van der Waals surface area contributed by atoms with E-state index in [1.54, 1.807) is 84.1 Å². The summed E-state index contributed by atoms with van der Waals surface area (Å²) < 4.78 is 0. The van der Waals surface area contributed by atoms with E-state index in [-0.39, 0.29) is 25.2 Å². The van der Waals surface area contributed by atoms with Crippen molar-refractivity contribution >= 4 is 70.2 Å². The first kappa shape index (κ1) is 59.0. The van der Waals surface area contributed by atoms with Gasteiger partial charge in [0.2, 0.25) is 41.4 Å². The Bertz CT molecular complexity index is 2380. The Hall–Kier alpha value is -7.36. The molecule has 0 saturated heterocycles. The van der Waals surface area contributed by atoms with Crippen LogP contribution in [0.4, 0.5) is 0 Å². The summed E-state index contributed by atoms with van der Waals surface area (Å²) in [6.45, 7) is 11.7. The van der Waals surface area contributed by atoms with E-state index < -0.39 is 139 Å². The number of para-hydroxylation sites is 1. The fourth-order valence-electron chi connectivity index (χ4n) is 7.69. The number of hydrogen-bond donors (Lipinski definition) is 12. The Morgan fingerprint density at radius 2 is 1.07 bits per heavy atom. The minimum atomic E-state index is -1.56. The molecular formula is C50H71N9O13. The second kappa shape index (κ2) is 28.5. The molecule has 0 unspecified atom stereocenters. The fraction of sp³-hybridized carbons (Fsp3) is 0.520. The molecule has 7 amide bonds. The zero-order valence-electron chi connectivity index (χ0n) is 41.8. The molecule has 0 fully saturated rings. The molecule has 0 bridgehead atoms. The maximum atomic E-state index is 14.2. The largest absolute Gasteiger partial charge is 0.481 e. The van der Waals surface area contributed by atoms with Gasteiger partial charge in [0.15, 0.2) is 0 Å². The van der Waals surface area contributed by atoms with Gasteiger partial charge in [-0.1, -0.05) is 103 Å². The predicted molar refractivity (Wildman–Crippen MR) is 264 cm³/mol. The van der Waals surface area contributed by atoms with Crippen molar-refractivity contribution in [1.82, 2.24) is 42.2 Å². The summed E-state index contributed by atoms with van der Waals surface area (Å²) in [5, 5.41) is 47.5. The molecule has 72 heavy (non-hydrogen) atoms. The summed E-state index contributed by atoms with van der Waals surface area (Å²) in [5.41, 5.74) is 7.81. The third-order valence-corrected chi connectivity index (χ3v) is 12.3. The maximum Gasteiger partial charge on any atom is 0.326 e. The van der Waals surface area contributed by atoms with E-state index in [1.807, 2.05) is 18.2 Å². The van der Waals surface area contributed by atoms with Gasteiger partial charge in [-0.15, -0.1) is 0 Å². The summed E-state index contributed by atoms with van der Waals surface area (Å²) in [6.07, 6.45) is 0.552. The van der Waals surface area contributed by atoms with Crippen LogP contribution in [-0.4, -0.2) is 128 Å². The van der Waals surface area contributed by atoms with Crippen molar-refractivity contribution in [2.45, 2.75) is 148 Å². The standard InChI is InChI=1S/C50H71N9O13/c1-8-27(5)41(49(70)57-38(50(71)72)23-31-25-52-34-18-14-13-17-32(31)34)58-43(64)29(7)53-45(66)35(19-20-39(60)61)54-46(67)36(21-26(3)4)55-47(68)37(22-30-15-11-10-12-16-30)56-48(69)42(28(6)9-2)59-44(65)33(51)24-40(62)63/h10-18,25-29,33,35-38,41-42,52H,8-9,19-24,51H2,1-7H3,(H,53,66)(H,54,67)(H,55,68)(H,56,69)(H,57,70)(H,58,64)(H,59,65)(H,60,61)(H,62,63)(H,71,72)/t27-,28-,29-,33-,35-,36-,37-,38-,41-,42-/m0/s1. The SMILES string of the molecule is CC[C@H](C)[C@H](NC(=O)[C@H](C)NC(=O)[C@H](CCC(=O)O)NC(=O)[C@H](CC(C)C)NC(=O)[C@H](Cc1ccccc1)NC(=O)[C@@H](NC(=O)[C@@H](N)CC(=O)O)[C@@H](C)CC)C(=O)N[C@@H](Cc1c[nH]c2ccccc12)C(=O)O. The molecule has 0 saturated carbocycles. The Morgan fingerprint density at radius 3 is 1.62 bits per heavy atom. The summed E-state index contributed by atoms with van der Waals surface area (Å²) in [5.74, 6) is -11.2. The number of aliphatic carboxylic acids is 3. The molecule has 0 aliphatic heterocycles. The van der Waals surface area contributed by atoms with Gasteiger partial charge < -0.3 is 63.3 Å². The third-order valence-electron chi connectivity index (χ3n) is 12.3. The van der Waals surface area contributed by atoms with Crippen molar-refractivity contribution in [2.24, 2.45) is 23.5 Å². The number of carbonyl (C=O) groups excluding carboxylic acids is 7. The lowest BCUT2D eigenvalue weighted by Crippen LogP contribution is -2.61. The number of fused-ring (bicyclic) bond motifs is 1. The number of H-pyrrole nitrogens is 1. The Morgan fingerprint density at radius 1 is 0.556 bits per heavy atom. The van der Waals surface area contributed by atoms with Gasteiger partial charge in [0.05, 0.1) is 12.5 Å². The predicted octanol–water partition coefficient (Wildman–Crippen LogP) is 1.26. The summed E-state index contributed by atoms with van der Waals surface area (Å²) in [7, 11) is 0. The van der Waals surface area contributed by atoms with E-state index in [1.165, 1.54) is 6.92 Å². The van der Waals surface area contributed by atoms with Crippen LogP contribution in [0.15, 0.2) is 60.8 Å². The molecular weight excluding hydrogens is 935 g/mol. The Kier molecular flexibility index (Phi) is 23.3. The number of nitrogens with one attached hydrogen (secondary N) is 8. The topological polar surface area (TPSA) is 357 Å². The molecule has 2 aromatic carbocycles.